The first-order valence-electron chi connectivity index (χ1n) is 6.44. The Kier molecular flexibility index (Phi) is 5.23. The van der Waals surface area contributed by atoms with Crippen molar-refractivity contribution in [3.8, 4) is 12.1 Å². The van der Waals surface area contributed by atoms with Crippen LogP contribution >= 0.6 is 23.2 Å². The molecule has 0 saturated heterocycles. The second-order valence-electron chi connectivity index (χ2n) is 4.66. The quantitative estimate of drug-likeness (QED) is 0.769. The van der Waals surface area contributed by atoms with E-state index in [-0.39, 0.29) is 12.3 Å². The number of nitrogens with zero attached hydrogens (tertiary/aromatic N) is 2. The van der Waals surface area contributed by atoms with E-state index in [2.05, 4.69) is 12.1 Å². The number of nitriles is 2. The smallest absolute Gasteiger partial charge is 0.0791 e. The van der Waals surface area contributed by atoms with E-state index in [0.29, 0.717) is 10.0 Å². The fraction of sp³-hybridized carbons (Fsp3) is 0.176. The maximum atomic E-state index is 9.54. The molecule has 2 aromatic rings. The summed E-state index contributed by atoms with van der Waals surface area (Å²) in [5.74, 6) is -0.639. The van der Waals surface area contributed by atoms with Crippen LogP contribution in [0.3, 0.4) is 0 Å². The average molecular weight is 315 g/mol. The summed E-state index contributed by atoms with van der Waals surface area (Å²) in [7, 11) is 0. The molecule has 0 unspecified atom stereocenters. The van der Waals surface area contributed by atoms with E-state index in [1.165, 1.54) is 0 Å². The molecular formula is C17H12Cl2N2. The van der Waals surface area contributed by atoms with E-state index < -0.39 is 5.92 Å². The van der Waals surface area contributed by atoms with Crippen molar-refractivity contribution in [1.82, 2.24) is 0 Å². The third-order valence-electron chi connectivity index (χ3n) is 3.38. The van der Waals surface area contributed by atoms with Gasteiger partial charge in [0.2, 0.25) is 0 Å². The topological polar surface area (TPSA) is 47.6 Å². The van der Waals surface area contributed by atoms with Gasteiger partial charge in [0.15, 0.2) is 0 Å². The zero-order chi connectivity index (χ0) is 15.2. The lowest BCUT2D eigenvalue weighted by Crippen LogP contribution is -2.09. The van der Waals surface area contributed by atoms with Crippen molar-refractivity contribution in [3.05, 3.63) is 69.7 Å². The molecule has 2 rings (SSSR count). The van der Waals surface area contributed by atoms with Crippen LogP contribution in [0.15, 0.2) is 48.5 Å². The lowest BCUT2D eigenvalue weighted by Gasteiger charge is -2.21. The number of halogens is 2. The van der Waals surface area contributed by atoms with Gasteiger partial charge in [0.25, 0.3) is 0 Å². The molecule has 0 aliphatic carbocycles. The van der Waals surface area contributed by atoms with Gasteiger partial charge in [-0.25, -0.2) is 0 Å². The predicted molar refractivity (Wildman–Crippen MR) is 84.2 cm³/mol. The highest BCUT2D eigenvalue weighted by Gasteiger charge is 2.25. The molecule has 2 aromatic carbocycles. The fourth-order valence-electron chi connectivity index (χ4n) is 2.33. The highest BCUT2D eigenvalue weighted by Crippen LogP contribution is 2.37. The van der Waals surface area contributed by atoms with Crippen LogP contribution in [0, 0.1) is 22.7 Å². The molecule has 104 valence electrons. The van der Waals surface area contributed by atoms with Gasteiger partial charge in [0, 0.05) is 12.3 Å². The summed E-state index contributed by atoms with van der Waals surface area (Å²) in [6.45, 7) is 0. The number of hydrogen-bond donors (Lipinski definition) is 0. The van der Waals surface area contributed by atoms with Gasteiger partial charge in [-0.15, -0.1) is 0 Å². The molecule has 0 fully saturated rings. The maximum Gasteiger partial charge on any atom is 0.0791 e. The molecule has 0 spiro atoms. The summed E-state index contributed by atoms with van der Waals surface area (Å²) < 4.78 is 0. The molecule has 2 atom stereocenters. The molecule has 21 heavy (non-hydrogen) atoms. The van der Waals surface area contributed by atoms with Crippen LogP contribution in [-0.2, 0) is 0 Å². The molecule has 0 heterocycles. The van der Waals surface area contributed by atoms with Gasteiger partial charge in [-0.2, -0.15) is 10.5 Å². The van der Waals surface area contributed by atoms with Crippen molar-refractivity contribution in [3.63, 3.8) is 0 Å². The van der Waals surface area contributed by atoms with Crippen molar-refractivity contribution >= 4 is 23.2 Å². The van der Waals surface area contributed by atoms with Crippen LogP contribution in [-0.4, -0.2) is 0 Å². The normalized spacial score (nSPS) is 13.0. The Morgan fingerprint density at radius 3 is 2.19 bits per heavy atom. The molecule has 0 aliphatic heterocycles. The molecule has 0 saturated carbocycles. The highest BCUT2D eigenvalue weighted by molar-refractivity contribution is 6.42. The number of benzene rings is 2. The van der Waals surface area contributed by atoms with Gasteiger partial charge >= 0.3 is 0 Å². The van der Waals surface area contributed by atoms with Crippen molar-refractivity contribution in [1.29, 1.82) is 10.5 Å². The van der Waals surface area contributed by atoms with E-state index in [4.69, 9.17) is 28.5 Å². The van der Waals surface area contributed by atoms with Crippen LogP contribution in [0.1, 0.15) is 29.4 Å². The van der Waals surface area contributed by atoms with Crippen LogP contribution in [0.25, 0.3) is 0 Å². The zero-order valence-electron chi connectivity index (χ0n) is 11.1. The third-order valence-corrected chi connectivity index (χ3v) is 4.12. The van der Waals surface area contributed by atoms with Crippen LogP contribution in [0.4, 0.5) is 0 Å². The first kappa shape index (κ1) is 15.4. The highest BCUT2D eigenvalue weighted by atomic mass is 35.5. The maximum absolute atomic E-state index is 9.54. The van der Waals surface area contributed by atoms with Gasteiger partial charge in [-0.1, -0.05) is 59.6 Å². The SMILES string of the molecule is N#CC[C@H](c1ccc(Cl)c(Cl)c1)[C@@H](C#N)c1ccccc1. The Morgan fingerprint density at radius 1 is 0.905 bits per heavy atom. The Labute approximate surface area is 134 Å². The second-order valence-corrected chi connectivity index (χ2v) is 5.47. The summed E-state index contributed by atoms with van der Waals surface area (Å²) in [5.41, 5.74) is 1.74. The minimum absolute atomic E-state index is 0.239. The predicted octanol–water partition coefficient (Wildman–Crippen LogP) is 5.30. The van der Waals surface area contributed by atoms with Crippen LogP contribution in [0.2, 0.25) is 10.0 Å². The van der Waals surface area contributed by atoms with Gasteiger partial charge in [0.1, 0.15) is 0 Å². The van der Waals surface area contributed by atoms with Crippen molar-refractivity contribution < 1.29 is 0 Å². The van der Waals surface area contributed by atoms with E-state index in [1.54, 1.807) is 12.1 Å². The molecule has 0 aromatic heterocycles. The first-order chi connectivity index (χ1) is 10.2. The van der Waals surface area contributed by atoms with Crippen molar-refractivity contribution in [2.45, 2.75) is 18.3 Å². The summed E-state index contributed by atoms with van der Waals surface area (Å²) in [6, 6.07) is 19.2. The van der Waals surface area contributed by atoms with Gasteiger partial charge in [-0.05, 0) is 23.3 Å². The van der Waals surface area contributed by atoms with E-state index >= 15 is 0 Å². The van der Waals surface area contributed by atoms with E-state index in [9.17, 15) is 5.26 Å². The van der Waals surface area contributed by atoms with Gasteiger partial charge in [0.05, 0.1) is 28.1 Å². The largest absolute Gasteiger partial charge is 0.198 e. The van der Waals surface area contributed by atoms with E-state index in [0.717, 1.165) is 11.1 Å². The molecular weight excluding hydrogens is 303 g/mol. The zero-order valence-corrected chi connectivity index (χ0v) is 12.6. The molecule has 2 nitrogen and oxygen atoms in total. The molecule has 0 bridgehead atoms. The van der Waals surface area contributed by atoms with Crippen LogP contribution < -0.4 is 0 Å². The van der Waals surface area contributed by atoms with Gasteiger partial charge in [-0.3, -0.25) is 0 Å². The monoisotopic (exact) mass is 314 g/mol. The second kappa shape index (κ2) is 7.14. The number of rotatable bonds is 4. The lowest BCUT2D eigenvalue weighted by molar-refractivity contribution is 0.641. The Bertz CT molecular complexity index is 699. The minimum Gasteiger partial charge on any atom is -0.198 e. The van der Waals surface area contributed by atoms with Crippen molar-refractivity contribution in [2.75, 3.05) is 0 Å². The van der Waals surface area contributed by atoms with Gasteiger partial charge < -0.3 is 0 Å². The third kappa shape index (κ3) is 3.56. The number of hydrogen-bond acceptors (Lipinski definition) is 2. The summed E-state index contributed by atoms with van der Waals surface area (Å²) in [6.07, 6.45) is 0.241. The molecule has 0 N–H and O–H groups in total. The standard InChI is InChI=1S/C17H12Cl2N2/c18-16-7-6-13(10-17(16)19)14(8-9-20)15(11-21)12-4-2-1-3-5-12/h1-7,10,14-15H,8H2/t14-,15+/m1/s1. The Balaban J connectivity index is 2.44. The molecule has 4 heteroatoms. The summed E-state index contributed by atoms with van der Waals surface area (Å²) in [5, 5.41) is 19.5. The van der Waals surface area contributed by atoms with E-state index in [1.807, 2.05) is 36.4 Å². The average Bonchev–Trinajstić information content (AvgIpc) is 2.51. The summed E-state index contributed by atoms with van der Waals surface area (Å²) in [4.78, 5) is 0. The molecule has 0 radical (unpaired) electrons. The Hall–Kier alpha value is -2.00. The van der Waals surface area contributed by atoms with Crippen LogP contribution in [0.5, 0.6) is 0 Å². The fourth-order valence-corrected chi connectivity index (χ4v) is 2.63. The molecule has 0 amide bonds. The Morgan fingerprint density at radius 2 is 1.62 bits per heavy atom. The molecule has 0 aliphatic rings. The minimum atomic E-state index is -0.400. The summed E-state index contributed by atoms with van der Waals surface area (Å²) >= 11 is 12.0. The van der Waals surface area contributed by atoms with Crippen molar-refractivity contribution in [2.24, 2.45) is 0 Å². The lowest BCUT2D eigenvalue weighted by atomic mass is 9.80. The first-order valence-corrected chi connectivity index (χ1v) is 7.19.